The van der Waals surface area contributed by atoms with Crippen molar-refractivity contribution in [3.63, 3.8) is 0 Å². The molecule has 0 aliphatic rings. The zero-order valence-electron chi connectivity index (χ0n) is 13.5. The minimum absolute atomic E-state index is 0.00723. The fourth-order valence-corrected chi connectivity index (χ4v) is 2.08. The number of nitro benzene ring substituents is 1. The molecule has 2 aromatic carbocycles. The average molecular weight is 344 g/mol. The van der Waals surface area contributed by atoms with Crippen LogP contribution in [-0.2, 0) is 0 Å². The molecule has 9 nitrogen and oxygen atoms in total. The molecule has 0 bridgehead atoms. The van der Waals surface area contributed by atoms with Gasteiger partial charge >= 0.3 is 0 Å². The Labute approximate surface area is 143 Å². The molecule has 0 heterocycles. The van der Waals surface area contributed by atoms with Gasteiger partial charge in [-0.05, 0) is 30.3 Å². The number of hydrogen-bond donors (Lipinski definition) is 3. The lowest BCUT2D eigenvalue weighted by atomic mass is 10.1. The van der Waals surface area contributed by atoms with Gasteiger partial charge in [0.25, 0.3) is 17.5 Å². The number of benzene rings is 2. The maximum Gasteiger partial charge on any atom is 0.272 e. The van der Waals surface area contributed by atoms with Crippen molar-refractivity contribution in [2.45, 2.75) is 0 Å². The van der Waals surface area contributed by atoms with Gasteiger partial charge in [-0.1, -0.05) is 0 Å². The second-order valence-electron chi connectivity index (χ2n) is 5.31. The van der Waals surface area contributed by atoms with Gasteiger partial charge in [-0.15, -0.1) is 0 Å². The molecular formula is C16H16N4O5. The first-order valence-corrected chi connectivity index (χ1v) is 7.15. The highest BCUT2D eigenvalue weighted by Crippen LogP contribution is 2.24. The van der Waals surface area contributed by atoms with Crippen LogP contribution in [0.15, 0.2) is 42.5 Å². The molecule has 0 radical (unpaired) electrons. The molecule has 2 aromatic rings. The first kappa shape index (κ1) is 17.7. The molecule has 2 amide bonds. The van der Waals surface area contributed by atoms with Crippen molar-refractivity contribution >= 4 is 23.2 Å². The fraction of sp³-hybridized carbons (Fsp3) is 0.125. The quantitative estimate of drug-likeness (QED) is 0.569. The number of hydrazine groups is 1. The third kappa shape index (κ3) is 4.22. The number of non-ortho nitro benzene ring substituents is 1. The van der Waals surface area contributed by atoms with Gasteiger partial charge < -0.3 is 10.0 Å². The number of nitro groups is 1. The monoisotopic (exact) mass is 344 g/mol. The van der Waals surface area contributed by atoms with Crippen LogP contribution in [0.25, 0.3) is 0 Å². The Balaban J connectivity index is 2.16. The molecule has 0 unspecified atom stereocenters. The largest absolute Gasteiger partial charge is 0.508 e. The van der Waals surface area contributed by atoms with E-state index >= 15 is 0 Å². The summed E-state index contributed by atoms with van der Waals surface area (Å²) in [7, 11) is 3.37. The molecule has 0 spiro atoms. The highest BCUT2D eigenvalue weighted by molar-refractivity contribution is 6.02. The third-order valence-corrected chi connectivity index (χ3v) is 3.34. The number of phenolic OH excluding ortho intramolecular Hbond substituents is 1. The SMILES string of the molecule is CN(C)c1ccc([N+](=O)[O-])cc1C(=O)NNC(=O)c1ccc(O)cc1. The van der Waals surface area contributed by atoms with E-state index in [1.54, 1.807) is 19.0 Å². The van der Waals surface area contributed by atoms with Crippen molar-refractivity contribution in [3.8, 4) is 5.75 Å². The van der Waals surface area contributed by atoms with Crippen molar-refractivity contribution in [2.24, 2.45) is 0 Å². The molecule has 0 aliphatic carbocycles. The van der Waals surface area contributed by atoms with Gasteiger partial charge in [-0.25, -0.2) is 0 Å². The van der Waals surface area contributed by atoms with Crippen LogP contribution in [0.5, 0.6) is 5.75 Å². The van der Waals surface area contributed by atoms with Crippen molar-refractivity contribution in [1.82, 2.24) is 10.9 Å². The van der Waals surface area contributed by atoms with Crippen molar-refractivity contribution < 1.29 is 19.6 Å². The summed E-state index contributed by atoms with van der Waals surface area (Å²) in [4.78, 5) is 36.2. The number of carbonyl (C=O) groups is 2. The summed E-state index contributed by atoms with van der Waals surface area (Å²) in [6.45, 7) is 0. The van der Waals surface area contributed by atoms with E-state index in [1.165, 1.54) is 36.4 Å². The summed E-state index contributed by atoms with van der Waals surface area (Å²) in [6.07, 6.45) is 0. The van der Waals surface area contributed by atoms with Crippen LogP contribution in [0.4, 0.5) is 11.4 Å². The Bertz CT molecular complexity index is 818. The Morgan fingerprint density at radius 1 is 1.04 bits per heavy atom. The summed E-state index contributed by atoms with van der Waals surface area (Å²) in [6, 6.07) is 9.32. The van der Waals surface area contributed by atoms with Gasteiger partial charge in [0.15, 0.2) is 0 Å². The molecule has 3 N–H and O–H groups in total. The zero-order valence-corrected chi connectivity index (χ0v) is 13.5. The first-order chi connectivity index (χ1) is 11.8. The minimum atomic E-state index is -0.695. The molecule has 0 aromatic heterocycles. The van der Waals surface area contributed by atoms with E-state index in [1.807, 2.05) is 0 Å². The van der Waals surface area contributed by atoms with E-state index in [4.69, 9.17) is 0 Å². The molecule has 0 aliphatic heterocycles. The first-order valence-electron chi connectivity index (χ1n) is 7.15. The number of phenols is 1. The van der Waals surface area contributed by atoms with Gasteiger partial charge in [0, 0.05) is 37.5 Å². The number of amides is 2. The maximum absolute atomic E-state index is 12.3. The number of hydrogen-bond acceptors (Lipinski definition) is 6. The highest BCUT2D eigenvalue weighted by Gasteiger charge is 2.18. The molecule has 9 heteroatoms. The van der Waals surface area contributed by atoms with Crippen LogP contribution in [0.1, 0.15) is 20.7 Å². The molecular weight excluding hydrogens is 328 g/mol. The molecule has 0 atom stereocenters. The van der Waals surface area contributed by atoms with Crippen LogP contribution in [0, 0.1) is 10.1 Å². The van der Waals surface area contributed by atoms with Crippen molar-refractivity contribution in [2.75, 3.05) is 19.0 Å². The van der Waals surface area contributed by atoms with Crippen LogP contribution in [0.2, 0.25) is 0 Å². The second kappa shape index (κ2) is 7.30. The summed E-state index contributed by atoms with van der Waals surface area (Å²) in [5.41, 5.74) is 4.94. The number of aromatic hydroxyl groups is 1. The number of nitrogens with zero attached hydrogens (tertiary/aromatic N) is 2. The molecule has 0 saturated carbocycles. The van der Waals surface area contributed by atoms with Gasteiger partial charge in [-0.2, -0.15) is 0 Å². The number of nitrogens with one attached hydrogen (secondary N) is 2. The van der Waals surface area contributed by atoms with E-state index < -0.39 is 16.7 Å². The summed E-state index contributed by atoms with van der Waals surface area (Å²) >= 11 is 0. The third-order valence-electron chi connectivity index (χ3n) is 3.34. The average Bonchev–Trinajstić information content (AvgIpc) is 2.59. The van der Waals surface area contributed by atoms with Crippen LogP contribution >= 0.6 is 0 Å². The Kier molecular flexibility index (Phi) is 5.18. The van der Waals surface area contributed by atoms with Gasteiger partial charge in [0.05, 0.1) is 10.5 Å². The molecule has 0 fully saturated rings. The van der Waals surface area contributed by atoms with E-state index in [0.29, 0.717) is 5.69 Å². The topological polar surface area (TPSA) is 125 Å². The Morgan fingerprint density at radius 2 is 1.64 bits per heavy atom. The van der Waals surface area contributed by atoms with Crippen LogP contribution in [0.3, 0.4) is 0 Å². The summed E-state index contributed by atoms with van der Waals surface area (Å²) in [5, 5.41) is 20.1. The standard InChI is InChI=1S/C16H16N4O5/c1-19(2)14-8-5-11(20(24)25)9-13(14)16(23)18-17-15(22)10-3-6-12(21)7-4-10/h3-9,21H,1-2H3,(H,17,22)(H,18,23). The van der Waals surface area contributed by atoms with E-state index in [-0.39, 0.29) is 22.6 Å². The Hall–Kier alpha value is -3.62. The molecule has 2 rings (SSSR count). The smallest absolute Gasteiger partial charge is 0.272 e. The van der Waals surface area contributed by atoms with Gasteiger partial charge in [0.2, 0.25) is 0 Å². The molecule has 25 heavy (non-hydrogen) atoms. The van der Waals surface area contributed by atoms with Crippen LogP contribution < -0.4 is 15.8 Å². The lowest BCUT2D eigenvalue weighted by Gasteiger charge is -2.17. The fourth-order valence-electron chi connectivity index (χ4n) is 2.08. The highest BCUT2D eigenvalue weighted by atomic mass is 16.6. The van der Waals surface area contributed by atoms with Gasteiger partial charge in [0.1, 0.15) is 5.75 Å². The van der Waals surface area contributed by atoms with E-state index in [2.05, 4.69) is 10.9 Å². The van der Waals surface area contributed by atoms with E-state index in [0.717, 1.165) is 6.07 Å². The lowest BCUT2D eigenvalue weighted by Crippen LogP contribution is -2.42. The predicted molar refractivity (Wildman–Crippen MR) is 90.5 cm³/mol. The lowest BCUT2D eigenvalue weighted by molar-refractivity contribution is -0.384. The second-order valence-corrected chi connectivity index (χ2v) is 5.31. The van der Waals surface area contributed by atoms with Crippen LogP contribution in [-0.4, -0.2) is 35.9 Å². The minimum Gasteiger partial charge on any atom is -0.508 e. The number of carbonyl (C=O) groups excluding carboxylic acids is 2. The number of rotatable bonds is 4. The zero-order chi connectivity index (χ0) is 18.6. The van der Waals surface area contributed by atoms with Crippen molar-refractivity contribution in [3.05, 3.63) is 63.7 Å². The molecule has 130 valence electrons. The normalized spacial score (nSPS) is 10.0. The molecule has 0 saturated heterocycles. The van der Waals surface area contributed by atoms with E-state index in [9.17, 15) is 24.8 Å². The summed E-state index contributed by atoms with van der Waals surface area (Å²) < 4.78 is 0. The number of anilines is 1. The van der Waals surface area contributed by atoms with Gasteiger partial charge in [-0.3, -0.25) is 30.6 Å². The predicted octanol–water partition coefficient (Wildman–Crippen LogP) is 1.44. The summed E-state index contributed by atoms with van der Waals surface area (Å²) in [5.74, 6) is -1.28. The van der Waals surface area contributed by atoms with Crippen molar-refractivity contribution in [1.29, 1.82) is 0 Å². The Morgan fingerprint density at radius 3 is 2.20 bits per heavy atom. The maximum atomic E-state index is 12.3.